The molecule has 0 saturated carbocycles. The number of ether oxygens (including phenoxy) is 1. The number of piperidine rings is 2. The number of anilines is 1. The summed E-state index contributed by atoms with van der Waals surface area (Å²) in [6.45, 7) is 6.21. The summed E-state index contributed by atoms with van der Waals surface area (Å²) in [5, 5.41) is 6.02. The number of hydrogen-bond acceptors (Lipinski definition) is 6. The second kappa shape index (κ2) is 15.5. The molecule has 2 N–H and O–H groups in total. The summed E-state index contributed by atoms with van der Waals surface area (Å²) in [5.74, 6) is -4.70. The van der Waals surface area contributed by atoms with Crippen LogP contribution in [0.3, 0.4) is 0 Å². The van der Waals surface area contributed by atoms with E-state index in [4.69, 9.17) is 16.3 Å². The van der Waals surface area contributed by atoms with Gasteiger partial charge in [0.05, 0.1) is 6.54 Å². The molecule has 0 bridgehead atoms. The fourth-order valence-corrected chi connectivity index (χ4v) is 6.81. The molecule has 272 valence electrons. The molecule has 2 fully saturated rings. The van der Waals surface area contributed by atoms with E-state index in [-0.39, 0.29) is 48.9 Å². The monoisotopic (exact) mass is 733 g/mol. The van der Waals surface area contributed by atoms with Gasteiger partial charge in [-0.3, -0.25) is 24.1 Å². The number of halogens is 3. The third-order valence-electron chi connectivity index (χ3n) is 9.48. The molecule has 0 aliphatic carbocycles. The summed E-state index contributed by atoms with van der Waals surface area (Å²) >= 11 is 6.14. The van der Waals surface area contributed by atoms with E-state index < -0.39 is 54.4 Å². The van der Waals surface area contributed by atoms with E-state index in [1.165, 1.54) is 4.90 Å². The summed E-state index contributed by atoms with van der Waals surface area (Å²) < 4.78 is 35.5. The molecular formula is C38H38ClF2N5O6. The normalized spacial score (nSPS) is 17.3. The molecular weight excluding hydrogens is 696 g/mol. The van der Waals surface area contributed by atoms with Gasteiger partial charge in [0.2, 0.25) is 5.91 Å². The summed E-state index contributed by atoms with van der Waals surface area (Å²) in [5.41, 5.74) is 3.28. The molecule has 3 aliphatic rings. The van der Waals surface area contributed by atoms with E-state index in [1.54, 1.807) is 41.3 Å². The minimum atomic E-state index is -1.06. The summed E-state index contributed by atoms with van der Waals surface area (Å²) in [6.07, 6.45) is 2.84. The average molecular weight is 734 g/mol. The van der Waals surface area contributed by atoms with Gasteiger partial charge in [-0.1, -0.05) is 36.4 Å². The van der Waals surface area contributed by atoms with Gasteiger partial charge in [-0.25, -0.2) is 13.6 Å². The Balaban J connectivity index is 1.06. The van der Waals surface area contributed by atoms with Crippen LogP contribution in [0.25, 0.3) is 0 Å². The van der Waals surface area contributed by atoms with Gasteiger partial charge in [0.25, 0.3) is 17.7 Å². The van der Waals surface area contributed by atoms with Crippen molar-refractivity contribution >= 4 is 46.9 Å². The van der Waals surface area contributed by atoms with Crippen LogP contribution in [0.5, 0.6) is 5.75 Å². The van der Waals surface area contributed by atoms with Crippen LogP contribution >= 0.6 is 11.6 Å². The Hall–Kier alpha value is -5.30. The van der Waals surface area contributed by atoms with Gasteiger partial charge < -0.3 is 25.2 Å². The van der Waals surface area contributed by atoms with Crippen molar-refractivity contribution in [3.05, 3.63) is 105 Å². The van der Waals surface area contributed by atoms with Crippen LogP contribution in [0.15, 0.2) is 60.7 Å². The zero-order valence-electron chi connectivity index (χ0n) is 28.6. The highest BCUT2D eigenvalue weighted by Crippen LogP contribution is 2.31. The molecule has 3 aliphatic heterocycles. The first kappa shape index (κ1) is 36.5. The molecule has 0 radical (unpaired) electrons. The fourth-order valence-electron chi connectivity index (χ4n) is 6.63. The van der Waals surface area contributed by atoms with Gasteiger partial charge in [0.15, 0.2) is 17.4 Å². The van der Waals surface area contributed by atoms with Gasteiger partial charge in [-0.2, -0.15) is 0 Å². The van der Waals surface area contributed by atoms with Crippen LogP contribution in [0.2, 0.25) is 5.02 Å². The lowest BCUT2D eigenvalue weighted by atomic mass is 10.0. The molecule has 3 aromatic rings. The number of amides is 6. The van der Waals surface area contributed by atoms with Crippen LogP contribution < -0.4 is 15.4 Å². The van der Waals surface area contributed by atoms with Crippen LogP contribution in [0, 0.1) is 18.6 Å². The summed E-state index contributed by atoms with van der Waals surface area (Å²) in [4.78, 5) is 69.0. The molecule has 0 aromatic heterocycles. The van der Waals surface area contributed by atoms with Crippen molar-refractivity contribution in [1.82, 2.24) is 20.0 Å². The van der Waals surface area contributed by atoms with Crippen LogP contribution in [0.1, 0.15) is 64.7 Å². The molecule has 0 spiro atoms. The molecule has 52 heavy (non-hydrogen) atoms. The number of fused-ring (bicyclic) bond motifs is 1. The second-order valence-corrected chi connectivity index (χ2v) is 13.6. The molecule has 3 heterocycles. The van der Waals surface area contributed by atoms with Crippen molar-refractivity contribution in [3.63, 3.8) is 0 Å². The van der Waals surface area contributed by atoms with Crippen molar-refractivity contribution in [2.75, 3.05) is 25.0 Å². The first-order valence-electron chi connectivity index (χ1n) is 17.1. The first-order valence-corrected chi connectivity index (χ1v) is 17.4. The Morgan fingerprint density at radius 1 is 0.981 bits per heavy atom. The molecule has 1 unspecified atom stereocenters. The minimum absolute atomic E-state index is 0.00982. The number of hydrogen-bond donors (Lipinski definition) is 2. The third kappa shape index (κ3) is 7.94. The number of aryl methyl sites for hydroxylation is 1. The molecule has 14 heteroatoms. The number of imide groups is 1. The van der Waals surface area contributed by atoms with E-state index in [2.05, 4.69) is 17.2 Å². The Morgan fingerprint density at radius 2 is 1.71 bits per heavy atom. The zero-order valence-corrected chi connectivity index (χ0v) is 29.4. The summed E-state index contributed by atoms with van der Waals surface area (Å²) in [7, 11) is 0. The average Bonchev–Trinajstić information content (AvgIpc) is 3.45. The van der Waals surface area contributed by atoms with E-state index in [9.17, 15) is 24.0 Å². The maximum atomic E-state index is 15.1. The fraction of sp³-hybridized carbons (Fsp3) is 0.342. The number of urea groups is 1. The number of nitrogens with one attached hydrogen (secondary N) is 2. The second-order valence-electron chi connectivity index (χ2n) is 13.2. The predicted molar refractivity (Wildman–Crippen MR) is 188 cm³/mol. The molecule has 1 atom stereocenters. The van der Waals surface area contributed by atoms with Crippen LogP contribution in [-0.4, -0.2) is 70.1 Å². The first-order chi connectivity index (χ1) is 24.9. The number of carbonyl (C=O) groups is 5. The maximum Gasteiger partial charge on any atom is 0.319 e. The number of benzene rings is 3. The van der Waals surface area contributed by atoms with Crippen LogP contribution in [0.4, 0.5) is 19.3 Å². The van der Waals surface area contributed by atoms with E-state index in [0.29, 0.717) is 34.9 Å². The molecule has 11 nitrogen and oxygen atoms in total. The van der Waals surface area contributed by atoms with Gasteiger partial charge >= 0.3 is 6.03 Å². The molecule has 2 saturated heterocycles. The third-order valence-corrected chi connectivity index (χ3v) is 9.89. The lowest BCUT2D eigenvalue weighted by Crippen LogP contribution is -2.54. The molecule has 6 amide bonds. The largest absolute Gasteiger partial charge is 0.483 e. The SMILES string of the molecule is C=C(COc1c(F)cc(CN2C(=O)CCC(N3Cc4cc(CNC(=O)Nc5ccc(C)c(Cl)c5)ccc4C3=O)C2=O)cc1F)C(=O)N1CCCCC1. The predicted octanol–water partition coefficient (Wildman–Crippen LogP) is 5.87. The number of rotatable bonds is 10. The van der Waals surface area contributed by atoms with Gasteiger partial charge in [-0.15, -0.1) is 0 Å². The van der Waals surface area contributed by atoms with E-state index in [1.807, 2.05) is 6.92 Å². The Morgan fingerprint density at radius 3 is 2.42 bits per heavy atom. The summed E-state index contributed by atoms with van der Waals surface area (Å²) in [6, 6.07) is 10.8. The van der Waals surface area contributed by atoms with Gasteiger partial charge in [0.1, 0.15) is 12.6 Å². The lowest BCUT2D eigenvalue weighted by Gasteiger charge is -2.35. The smallest absolute Gasteiger partial charge is 0.319 e. The van der Waals surface area contributed by atoms with E-state index in [0.717, 1.165) is 47.4 Å². The highest BCUT2D eigenvalue weighted by Gasteiger charge is 2.42. The number of likely N-dealkylation sites (tertiary alicyclic amines) is 2. The maximum absolute atomic E-state index is 15.1. The highest BCUT2D eigenvalue weighted by atomic mass is 35.5. The highest BCUT2D eigenvalue weighted by molar-refractivity contribution is 6.31. The van der Waals surface area contributed by atoms with Crippen molar-refractivity contribution in [2.24, 2.45) is 0 Å². The van der Waals surface area contributed by atoms with Crippen molar-refractivity contribution in [2.45, 2.75) is 64.7 Å². The number of nitrogens with zero attached hydrogens (tertiary/aromatic N) is 3. The van der Waals surface area contributed by atoms with Crippen molar-refractivity contribution in [1.29, 1.82) is 0 Å². The Kier molecular flexibility index (Phi) is 10.9. The molecule has 6 rings (SSSR count). The van der Waals surface area contributed by atoms with Crippen molar-refractivity contribution in [3.8, 4) is 5.75 Å². The minimum Gasteiger partial charge on any atom is -0.483 e. The number of carbonyl (C=O) groups excluding carboxylic acids is 5. The standard InChI is InChI=1S/C38H38ClF2N5O6/c1-22-6-8-27(17-29(22)39)43-38(51)42-18-24-7-9-28-26(14-24)20-45(36(28)49)32-10-11-33(47)46(37(32)50)19-25-15-30(40)34(31(41)16-25)52-21-23(2)35(48)44-12-4-3-5-13-44/h6-9,14-17,32H,2-5,10-13,18-21H2,1H3,(H2,42,43,51). The lowest BCUT2D eigenvalue weighted by molar-refractivity contribution is -0.153. The van der Waals surface area contributed by atoms with E-state index >= 15 is 8.78 Å². The van der Waals surface area contributed by atoms with Crippen molar-refractivity contribution < 1.29 is 37.5 Å². The van der Waals surface area contributed by atoms with Gasteiger partial charge in [-0.05, 0) is 85.2 Å². The molecule has 3 aromatic carbocycles. The topological polar surface area (TPSA) is 128 Å². The van der Waals surface area contributed by atoms with Crippen LogP contribution in [-0.2, 0) is 34.0 Å². The Bertz CT molecular complexity index is 1940. The Labute approximate surface area is 304 Å². The quantitative estimate of drug-likeness (QED) is 0.198. The zero-order chi connectivity index (χ0) is 37.1. The van der Waals surface area contributed by atoms with Gasteiger partial charge in [0, 0.05) is 54.4 Å².